The van der Waals surface area contributed by atoms with Crippen molar-refractivity contribution in [3.05, 3.63) is 54.2 Å². The first-order valence-electron chi connectivity index (χ1n) is 10.4. The number of nitrogens with zero attached hydrogens (tertiary/aromatic N) is 2. The molecule has 0 bridgehead atoms. The fourth-order valence-corrected chi connectivity index (χ4v) is 3.09. The molecule has 2 amide bonds. The molecule has 2 atom stereocenters. The van der Waals surface area contributed by atoms with Gasteiger partial charge in [-0.3, -0.25) is 15.2 Å². The molecule has 1 aromatic carbocycles. The number of benzene rings is 1. The summed E-state index contributed by atoms with van der Waals surface area (Å²) < 4.78 is 4.65. The van der Waals surface area contributed by atoms with Crippen LogP contribution in [0.4, 0.5) is 4.79 Å². The lowest BCUT2D eigenvalue weighted by Crippen LogP contribution is -2.58. The smallest absolute Gasteiger partial charge is 0.407 e. The van der Waals surface area contributed by atoms with Crippen molar-refractivity contribution >= 4 is 12.0 Å². The Morgan fingerprint density at radius 2 is 1.88 bits per heavy atom. The van der Waals surface area contributed by atoms with Gasteiger partial charge in [0.2, 0.25) is 0 Å². The summed E-state index contributed by atoms with van der Waals surface area (Å²) in [5, 5.41) is 14.2. The van der Waals surface area contributed by atoms with E-state index in [1.54, 1.807) is 11.2 Å². The Morgan fingerprint density at radius 3 is 2.41 bits per heavy atom. The van der Waals surface area contributed by atoms with E-state index < -0.39 is 29.6 Å². The molecule has 0 aliphatic carbocycles. The predicted octanol–water partition coefficient (Wildman–Crippen LogP) is 1.67. The van der Waals surface area contributed by atoms with Crippen molar-refractivity contribution in [1.29, 1.82) is 0 Å². The van der Waals surface area contributed by atoms with Gasteiger partial charge in [-0.25, -0.2) is 9.80 Å². The molecule has 2 rings (SSSR count). The van der Waals surface area contributed by atoms with Crippen molar-refractivity contribution in [2.75, 3.05) is 20.2 Å². The highest BCUT2D eigenvalue weighted by Gasteiger charge is 2.34. The minimum atomic E-state index is -0.848. The molecule has 174 valence electrons. The number of hydrazine groups is 1. The number of nitrogens with one attached hydrogen (secondary N) is 2. The number of nitrogens with two attached hydrogens (primary N) is 1. The molecule has 2 aromatic rings. The number of aromatic nitrogens is 1. The SMILES string of the molecule is COC(=O)NC(C(=O)NN(Cc1ccc(-c2ccccn2)cc1)CC(O)CN)C(C)(C)C. The van der Waals surface area contributed by atoms with Crippen molar-refractivity contribution in [2.45, 2.75) is 39.5 Å². The molecule has 0 saturated carbocycles. The number of ether oxygens (including phenoxy) is 1. The average Bonchev–Trinajstić information content (AvgIpc) is 2.77. The standard InChI is InChI=1S/C23H33N5O4/c1-23(2,3)20(26-22(31)32-4)21(30)27-28(15-18(29)13-24)14-16-8-10-17(11-9-16)19-7-5-6-12-25-19/h5-12,18,20,29H,13-15,24H2,1-4H3,(H,26,31)(H,27,30). The van der Waals surface area contributed by atoms with E-state index >= 15 is 0 Å². The minimum absolute atomic E-state index is 0.0497. The van der Waals surface area contributed by atoms with E-state index in [4.69, 9.17) is 5.73 Å². The van der Waals surface area contributed by atoms with Gasteiger partial charge >= 0.3 is 6.09 Å². The van der Waals surface area contributed by atoms with E-state index in [1.165, 1.54) is 7.11 Å². The van der Waals surface area contributed by atoms with Gasteiger partial charge < -0.3 is 20.9 Å². The average molecular weight is 444 g/mol. The molecule has 1 aromatic heterocycles. The molecule has 0 saturated heterocycles. The summed E-state index contributed by atoms with van der Waals surface area (Å²) >= 11 is 0. The fraction of sp³-hybridized carbons (Fsp3) is 0.435. The Bertz CT molecular complexity index is 868. The van der Waals surface area contributed by atoms with Crippen molar-refractivity contribution < 1.29 is 19.4 Å². The summed E-state index contributed by atoms with van der Waals surface area (Å²) in [5.74, 6) is -0.419. The molecule has 0 aliphatic heterocycles. The van der Waals surface area contributed by atoms with E-state index in [9.17, 15) is 14.7 Å². The number of aliphatic hydroxyl groups is 1. The van der Waals surface area contributed by atoms with Crippen LogP contribution in [0.25, 0.3) is 11.3 Å². The van der Waals surface area contributed by atoms with Gasteiger partial charge in [-0.05, 0) is 23.1 Å². The number of aliphatic hydroxyl groups excluding tert-OH is 1. The summed E-state index contributed by atoms with van der Waals surface area (Å²) in [4.78, 5) is 29.1. The predicted molar refractivity (Wildman–Crippen MR) is 122 cm³/mol. The summed E-state index contributed by atoms with van der Waals surface area (Å²) in [6.07, 6.45) is 0.214. The Labute approximate surface area is 188 Å². The highest BCUT2D eigenvalue weighted by atomic mass is 16.5. The Morgan fingerprint density at radius 1 is 1.19 bits per heavy atom. The largest absolute Gasteiger partial charge is 0.453 e. The second kappa shape index (κ2) is 11.6. The summed E-state index contributed by atoms with van der Waals surface area (Å²) in [6, 6.07) is 12.6. The number of amides is 2. The molecule has 0 spiro atoms. The Hall–Kier alpha value is -3.01. The topological polar surface area (TPSA) is 130 Å². The van der Waals surface area contributed by atoms with Crippen LogP contribution in [0, 0.1) is 5.41 Å². The van der Waals surface area contributed by atoms with E-state index in [1.807, 2.05) is 63.2 Å². The molecule has 9 heteroatoms. The number of methoxy groups -OCH3 is 1. The highest BCUT2D eigenvalue weighted by molar-refractivity contribution is 5.86. The van der Waals surface area contributed by atoms with E-state index in [2.05, 4.69) is 20.5 Å². The van der Waals surface area contributed by atoms with Gasteiger partial charge in [-0.1, -0.05) is 51.1 Å². The Kier molecular flexibility index (Phi) is 9.13. The summed E-state index contributed by atoms with van der Waals surface area (Å²) in [6.45, 7) is 6.02. The van der Waals surface area contributed by atoms with Crippen LogP contribution in [0.1, 0.15) is 26.3 Å². The zero-order valence-corrected chi connectivity index (χ0v) is 19.0. The second-order valence-electron chi connectivity index (χ2n) is 8.59. The molecule has 1 heterocycles. The van der Waals surface area contributed by atoms with Crippen molar-refractivity contribution in [3.8, 4) is 11.3 Å². The van der Waals surface area contributed by atoms with Gasteiger partial charge in [-0.2, -0.15) is 0 Å². The molecule has 0 aliphatic rings. The van der Waals surface area contributed by atoms with Crippen molar-refractivity contribution in [2.24, 2.45) is 11.1 Å². The van der Waals surface area contributed by atoms with Gasteiger partial charge in [0, 0.05) is 31.4 Å². The molecule has 0 fully saturated rings. The number of carbonyl (C=O) groups excluding carboxylic acids is 2. The van der Waals surface area contributed by atoms with Gasteiger partial charge in [0.05, 0.1) is 18.9 Å². The molecule has 9 nitrogen and oxygen atoms in total. The first kappa shape index (κ1) is 25.3. The molecule has 5 N–H and O–H groups in total. The first-order chi connectivity index (χ1) is 15.1. The van der Waals surface area contributed by atoms with Crippen molar-refractivity contribution in [3.63, 3.8) is 0 Å². The number of carbonyl (C=O) groups is 2. The number of hydrogen-bond donors (Lipinski definition) is 4. The van der Waals surface area contributed by atoms with Crippen LogP contribution in [0.2, 0.25) is 0 Å². The summed E-state index contributed by atoms with van der Waals surface area (Å²) in [7, 11) is 1.24. The van der Waals surface area contributed by atoms with Gasteiger partial charge in [0.1, 0.15) is 6.04 Å². The lowest BCUT2D eigenvalue weighted by atomic mass is 9.86. The maximum absolute atomic E-state index is 13.0. The van der Waals surface area contributed by atoms with Crippen LogP contribution in [0.3, 0.4) is 0 Å². The first-order valence-corrected chi connectivity index (χ1v) is 10.4. The quantitative estimate of drug-likeness (QED) is 0.434. The maximum atomic E-state index is 13.0. The van der Waals surface area contributed by atoms with Crippen LogP contribution in [0.5, 0.6) is 0 Å². The third-order valence-corrected chi connectivity index (χ3v) is 4.84. The third kappa shape index (κ3) is 7.60. The van der Waals surface area contributed by atoms with Crippen molar-refractivity contribution in [1.82, 2.24) is 20.7 Å². The lowest BCUT2D eigenvalue weighted by molar-refractivity contribution is -0.131. The van der Waals surface area contributed by atoms with E-state index in [0.717, 1.165) is 16.8 Å². The van der Waals surface area contributed by atoms with Crippen LogP contribution in [-0.4, -0.2) is 59.4 Å². The van der Waals surface area contributed by atoms with E-state index in [-0.39, 0.29) is 13.1 Å². The van der Waals surface area contributed by atoms with Crippen LogP contribution in [0.15, 0.2) is 48.7 Å². The normalized spacial score (nSPS) is 13.3. The zero-order valence-electron chi connectivity index (χ0n) is 19.0. The number of rotatable bonds is 9. The molecule has 32 heavy (non-hydrogen) atoms. The monoisotopic (exact) mass is 443 g/mol. The van der Waals surface area contributed by atoms with Crippen LogP contribution < -0.4 is 16.5 Å². The Balaban J connectivity index is 2.16. The lowest BCUT2D eigenvalue weighted by Gasteiger charge is -2.33. The number of hydrogen-bond acceptors (Lipinski definition) is 7. The van der Waals surface area contributed by atoms with Gasteiger partial charge in [0.15, 0.2) is 0 Å². The minimum Gasteiger partial charge on any atom is -0.453 e. The number of pyridine rings is 1. The fourth-order valence-electron chi connectivity index (χ4n) is 3.09. The molecular formula is C23H33N5O4. The molecule has 0 radical (unpaired) electrons. The number of alkyl carbamates (subject to hydrolysis) is 1. The maximum Gasteiger partial charge on any atom is 0.407 e. The molecule has 2 unspecified atom stereocenters. The van der Waals surface area contributed by atoms with Gasteiger partial charge in [0.25, 0.3) is 5.91 Å². The van der Waals surface area contributed by atoms with E-state index in [0.29, 0.717) is 6.54 Å². The van der Waals surface area contributed by atoms with Crippen LogP contribution in [-0.2, 0) is 16.1 Å². The van der Waals surface area contributed by atoms with Crippen LogP contribution >= 0.6 is 0 Å². The third-order valence-electron chi connectivity index (χ3n) is 4.84. The van der Waals surface area contributed by atoms with Gasteiger partial charge in [-0.15, -0.1) is 0 Å². The molecular weight excluding hydrogens is 410 g/mol. The zero-order chi connectivity index (χ0) is 23.7. The summed E-state index contributed by atoms with van der Waals surface area (Å²) in [5.41, 5.74) is 10.6. The highest BCUT2D eigenvalue weighted by Crippen LogP contribution is 2.20. The second-order valence-corrected chi connectivity index (χ2v) is 8.59.